The molecule has 0 aliphatic heterocycles. The van der Waals surface area contributed by atoms with E-state index in [2.05, 4.69) is 27.7 Å². The zero-order chi connectivity index (χ0) is 13.7. The van der Waals surface area contributed by atoms with Gasteiger partial charge in [-0.05, 0) is 24.9 Å². The molecule has 0 saturated heterocycles. The minimum atomic E-state index is -1.85. The average Bonchev–Trinajstić information content (AvgIpc) is 2.41. The van der Waals surface area contributed by atoms with Gasteiger partial charge >= 0.3 is 8.56 Å². The van der Waals surface area contributed by atoms with Crippen LogP contribution < -0.4 is 0 Å². The third-order valence-electron chi connectivity index (χ3n) is 3.55. The van der Waals surface area contributed by atoms with Crippen LogP contribution in [0, 0.1) is 0 Å². The van der Waals surface area contributed by atoms with Crippen molar-refractivity contribution < 1.29 is 8.85 Å². The Balaban J connectivity index is 3.85. The second-order valence-electron chi connectivity index (χ2n) is 5.08. The van der Waals surface area contributed by atoms with Crippen molar-refractivity contribution in [3.63, 3.8) is 0 Å². The van der Waals surface area contributed by atoms with Crippen molar-refractivity contribution in [3.8, 4) is 0 Å². The molecule has 0 saturated carbocycles. The third kappa shape index (κ3) is 8.28. The lowest BCUT2D eigenvalue weighted by Gasteiger charge is -2.28. The first kappa shape index (κ1) is 18.1. The predicted molar refractivity (Wildman–Crippen MR) is 82.3 cm³/mol. The Bertz CT molecular complexity index is 170. The molecule has 0 heterocycles. The van der Waals surface area contributed by atoms with Gasteiger partial charge in [-0.3, -0.25) is 0 Å². The highest BCUT2D eigenvalue weighted by Gasteiger charge is 2.33. The molecule has 0 atom stereocenters. The van der Waals surface area contributed by atoms with Gasteiger partial charge in [-0.1, -0.05) is 59.8 Å². The topological polar surface area (TPSA) is 18.5 Å². The molecule has 0 aromatic rings. The number of hydrogen-bond acceptors (Lipinski definition) is 2. The van der Waals surface area contributed by atoms with Crippen molar-refractivity contribution in [2.75, 3.05) is 13.2 Å². The molecule has 0 radical (unpaired) electrons. The molecular formula is C15H34O2Si. The van der Waals surface area contributed by atoms with Crippen LogP contribution in [0.3, 0.4) is 0 Å². The number of hydrogen-bond donors (Lipinski definition) is 0. The second kappa shape index (κ2) is 12.2. The van der Waals surface area contributed by atoms with Gasteiger partial charge in [0.25, 0.3) is 0 Å². The van der Waals surface area contributed by atoms with E-state index in [-0.39, 0.29) is 0 Å². The predicted octanol–water partition coefficient (Wildman–Crippen LogP) is 5.27. The van der Waals surface area contributed by atoms with E-state index in [1.807, 2.05) is 0 Å². The molecule has 0 rings (SSSR count). The summed E-state index contributed by atoms with van der Waals surface area (Å²) in [5.41, 5.74) is 0. The molecule has 0 aromatic heterocycles. The van der Waals surface area contributed by atoms with Gasteiger partial charge in [-0.2, -0.15) is 0 Å². The van der Waals surface area contributed by atoms with E-state index in [1.165, 1.54) is 44.9 Å². The summed E-state index contributed by atoms with van der Waals surface area (Å²) < 4.78 is 12.3. The van der Waals surface area contributed by atoms with Gasteiger partial charge in [0.1, 0.15) is 0 Å². The van der Waals surface area contributed by atoms with Gasteiger partial charge in [-0.15, -0.1) is 0 Å². The smallest absolute Gasteiger partial charge is 0.337 e. The Hall–Kier alpha value is 0.137. The lowest BCUT2D eigenvalue weighted by Crippen LogP contribution is -2.41. The van der Waals surface area contributed by atoms with Gasteiger partial charge in [0.05, 0.1) is 0 Å². The van der Waals surface area contributed by atoms with Gasteiger partial charge in [-0.25, -0.2) is 0 Å². The standard InChI is InChI=1S/C15H34O2Si/c1-5-9-11-13-15-17-18(7-3,8-4)16-14-12-10-6-2/h5-15H2,1-4H3. The van der Waals surface area contributed by atoms with Crippen LogP contribution in [0.25, 0.3) is 0 Å². The van der Waals surface area contributed by atoms with E-state index in [0.29, 0.717) is 0 Å². The molecule has 0 aliphatic carbocycles. The van der Waals surface area contributed by atoms with E-state index >= 15 is 0 Å². The molecule has 0 unspecified atom stereocenters. The minimum Gasteiger partial charge on any atom is -0.394 e. The summed E-state index contributed by atoms with van der Waals surface area (Å²) in [7, 11) is -1.85. The van der Waals surface area contributed by atoms with Crippen molar-refractivity contribution in [3.05, 3.63) is 0 Å². The Labute approximate surface area is 116 Å². The highest BCUT2D eigenvalue weighted by atomic mass is 28.4. The fourth-order valence-corrected chi connectivity index (χ4v) is 4.53. The summed E-state index contributed by atoms with van der Waals surface area (Å²) in [6, 6.07) is 2.17. The Morgan fingerprint density at radius 2 is 1.06 bits per heavy atom. The lowest BCUT2D eigenvalue weighted by atomic mass is 10.2. The maximum atomic E-state index is 6.17. The molecule has 0 aliphatic rings. The van der Waals surface area contributed by atoms with Crippen LogP contribution in [0.15, 0.2) is 0 Å². The molecular weight excluding hydrogens is 240 g/mol. The summed E-state index contributed by atoms with van der Waals surface area (Å²) in [6.07, 6.45) is 8.82. The van der Waals surface area contributed by atoms with Crippen LogP contribution in [0.5, 0.6) is 0 Å². The minimum absolute atomic E-state index is 0.900. The Morgan fingerprint density at radius 3 is 1.50 bits per heavy atom. The Kier molecular flexibility index (Phi) is 12.3. The quantitative estimate of drug-likeness (QED) is 0.336. The van der Waals surface area contributed by atoms with Crippen LogP contribution in [0.1, 0.15) is 72.6 Å². The Morgan fingerprint density at radius 1 is 0.611 bits per heavy atom. The number of rotatable bonds is 13. The molecule has 0 aromatic carbocycles. The van der Waals surface area contributed by atoms with E-state index < -0.39 is 8.56 Å². The summed E-state index contributed by atoms with van der Waals surface area (Å²) in [6.45, 7) is 10.7. The van der Waals surface area contributed by atoms with Crippen molar-refractivity contribution in [1.29, 1.82) is 0 Å². The van der Waals surface area contributed by atoms with E-state index in [9.17, 15) is 0 Å². The highest BCUT2D eigenvalue weighted by molar-refractivity contribution is 6.67. The van der Waals surface area contributed by atoms with Crippen LogP contribution in [-0.4, -0.2) is 21.8 Å². The molecule has 0 bridgehead atoms. The molecule has 0 fully saturated rings. The molecule has 110 valence electrons. The highest BCUT2D eigenvalue weighted by Crippen LogP contribution is 2.20. The van der Waals surface area contributed by atoms with E-state index in [0.717, 1.165) is 25.3 Å². The van der Waals surface area contributed by atoms with E-state index in [4.69, 9.17) is 8.85 Å². The van der Waals surface area contributed by atoms with Crippen molar-refractivity contribution >= 4 is 8.56 Å². The van der Waals surface area contributed by atoms with Gasteiger partial charge in [0, 0.05) is 13.2 Å². The summed E-state index contributed by atoms with van der Waals surface area (Å²) in [5.74, 6) is 0. The second-order valence-corrected chi connectivity index (χ2v) is 8.90. The molecule has 3 heteroatoms. The maximum absolute atomic E-state index is 6.17. The normalized spacial score (nSPS) is 12.0. The number of unbranched alkanes of at least 4 members (excludes halogenated alkanes) is 5. The lowest BCUT2D eigenvalue weighted by molar-refractivity contribution is 0.163. The van der Waals surface area contributed by atoms with Crippen LogP contribution in [0.2, 0.25) is 12.1 Å². The summed E-state index contributed by atoms with van der Waals surface area (Å²) >= 11 is 0. The molecule has 0 spiro atoms. The largest absolute Gasteiger partial charge is 0.394 e. The summed E-state index contributed by atoms with van der Waals surface area (Å²) in [4.78, 5) is 0. The van der Waals surface area contributed by atoms with Crippen molar-refractivity contribution in [2.24, 2.45) is 0 Å². The van der Waals surface area contributed by atoms with Crippen molar-refractivity contribution in [2.45, 2.75) is 84.7 Å². The fraction of sp³-hybridized carbons (Fsp3) is 1.00. The van der Waals surface area contributed by atoms with Gasteiger partial charge in [0.15, 0.2) is 0 Å². The molecule has 0 N–H and O–H groups in total. The van der Waals surface area contributed by atoms with E-state index in [1.54, 1.807) is 0 Å². The third-order valence-corrected chi connectivity index (χ3v) is 7.17. The van der Waals surface area contributed by atoms with Gasteiger partial charge < -0.3 is 8.85 Å². The average molecular weight is 275 g/mol. The SMILES string of the molecule is CCCCCCO[Si](CC)(CC)OCCCCC. The van der Waals surface area contributed by atoms with Gasteiger partial charge in [0.2, 0.25) is 0 Å². The van der Waals surface area contributed by atoms with Crippen LogP contribution in [0.4, 0.5) is 0 Å². The zero-order valence-corrected chi connectivity index (χ0v) is 14.1. The zero-order valence-electron chi connectivity index (χ0n) is 13.1. The first-order chi connectivity index (χ1) is 8.74. The maximum Gasteiger partial charge on any atom is 0.337 e. The first-order valence-electron chi connectivity index (χ1n) is 8.02. The fourth-order valence-electron chi connectivity index (χ4n) is 2.10. The molecule has 2 nitrogen and oxygen atoms in total. The molecule has 18 heavy (non-hydrogen) atoms. The first-order valence-corrected chi connectivity index (χ1v) is 10.3. The summed E-state index contributed by atoms with van der Waals surface area (Å²) in [5, 5.41) is 0. The van der Waals surface area contributed by atoms with Crippen molar-refractivity contribution in [1.82, 2.24) is 0 Å². The van der Waals surface area contributed by atoms with Crippen LogP contribution in [-0.2, 0) is 8.85 Å². The van der Waals surface area contributed by atoms with Crippen LogP contribution >= 0.6 is 0 Å². The molecule has 0 amide bonds. The monoisotopic (exact) mass is 274 g/mol.